The third kappa shape index (κ3) is 3.98. The minimum atomic E-state index is -0.0804. The Bertz CT molecular complexity index is 456. The minimum absolute atomic E-state index is 0.0804. The first-order valence-electron chi connectivity index (χ1n) is 6.58. The summed E-state index contributed by atoms with van der Waals surface area (Å²) in [5.41, 5.74) is 6.96. The van der Waals surface area contributed by atoms with Crippen molar-refractivity contribution in [1.82, 2.24) is 4.90 Å². The second-order valence-electron chi connectivity index (χ2n) is 4.76. The van der Waals surface area contributed by atoms with Crippen molar-refractivity contribution in [3.8, 4) is 0 Å². The van der Waals surface area contributed by atoms with Crippen LogP contribution in [0.1, 0.15) is 25.7 Å². The highest BCUT2D eigenvalue weighted by molar-refractivity contribution is 5.91. The van der Waals surface area contributed by atoms with Crippen LogP contribution in [0.15, 0.2) is 24.3 Å². The molecule has 0 aromatic heterocycles. The van der Waals surface area contributed by atoms with Crippen molar-refractivity contribution in [3.05, 3.63) is 24.3 Å². The van der Waals surface area contributed by atoms with Crippen LogP contribution in [0.4, 0.5) is 11.4 Å². The molecule has 1 aromatic rings. The molecule has 1 aliphatic heterocycles. The number of nitrogens with two attached hydrogens (primary N) is 1. The third-order valence-electron chi connectivity index (χ3n) is 3.22. The molecule has 1 fully saturated rings. The molecule has 3 N–H and O–H groups in total. The Labute approximate surface area is 112 Å². The van der Waals surface area contributed by atoms with Crippen molar-refractivity contribution in [1.29, 1.82) is 0 Å². The Hall–Kier alpha value is -2.04. The Kier molecular flexibility index (Phi) is 4.39. The third-order valence-corrected chi connectivity index (χ3v) is 3.22. The fourth-order valence-corrected chi connectivity index (χ4v) is 2.12. The summed E-state index contributed by atoms with van der Waals surface area (Å²) in [4.78, 5) is 25.1. The molecule has 0 unspecified atom stereocenters. The van der Waals surface area contributed by atoms with E-state index in [9.17, 15) is 9.59 Å². The molecule has 1 aliphatic rings. The summed E-state index contributed by atoms with van der Waals surface area (Å²) in [5.74, 6) is 0.0784. The normalized spacial score (nSPS) is 15.4. The molecule has 1 aromatic carbocycles. The zero-order valence-electron chi connectivity index (χ0n) is 10.9. The number of hydrogen-bond donors (Lipinski definition) is 2. The summed E-state index contributed by atoms with van der Waals surface area (Å²) in [5, 5.41) is 2.79. The van der Waals surface area contributed by atoms with E-state index in [0.717, 1.165) is 25.1 Å². The van der Waals surface area contributed by atoms with Crippen molar-refractivity contribution < 1.29 is 9.59 Å². The Morgan fingerprint density at radius 2 is 2.00 bits per heavy atom. The van der Waals surface area contributed by atoms with E-state index >= 15 is 0 Å². The molecule has 0 radical (unpaired) electrons. The second kappa shape index (κ2) is 6.22. The van der Waals surface area contributed by atoms with Gasteiger partial charge in [-0.05, 0) is 37.1 Å². The molecular formula is C14H19N3O2. The predicted octanol–water partition coefficient (Wildman–Crippen LogP) is 1.61. The molecule has 2 rings (SSSR count). The zero-order chi connectivity index (χ0) is 13.7. The number of likely N-dealkylation sites (tertiary alicyclic amines) is 1. The van der Waals surface area contributed by atoms with Crippen LogP contribution in [-0.2, 0) is 9.59 Å². The van der Waals surface area contributed by atoms with Crippen LogP contribution < -0.4 is 11.1 Å². The predicted molar refractivity (Wildman–Crippen MR) is 74.5 cm³/mol. The van der Waals surface area contributed by atoms with E-state index in [1.165, 1.54) is 0 Å². The first kappa shape index (κ1) is 13.4. The van der Waals surface area contributed by atoms with Crippen LogP contribution in [0.25, 0.3) is 0 Å². The number of benzene rings is 1. The van der Waals surface area contributed by atoms with Crippen LogP contribution in [-0.4, -0.2) is 29.8 Å². The number of carbonyl (C=O) groups is 2. The molecule has 1 saturated heterocycles. The second-order valence-corrected chi connectivity index (χ2v) is 4.76. The van der Waals surface area contributed by atoms with Crippen molar-refractivity contribution in [3.63, 3.8) is 0 Å². The summed E-state index contributed by atoms with van der Waals surface area (Å²) < 4.78 is 0. The Balaban J connectivity index is 1.78. The van der Waals surface area contributed by atoms with Crippen LogP contribution >= 0.6 is 0 Å². The molecule has 102 valence electrons. The smallest absolute Gasteiger partial charge is 0.226 e. The number of rotatable bonds is 4. The van der Waals surface area contributed by atoms with Gasteiger partial charge in [-0.1, -0.05) is 0 Å². The van der Waals surface area contributed by atoms with Crippen molar-refractivity contribution >= 4 is 23.2 Å². The van der Waals surface area contributed by atoms with E-state index in [1.54, 1.807) is 29.2 Å². The van der Waals surface area contributed by atoms with E-state index in [2.05, 4.69) is 5.32 Å². The lowest BCUT2D eigenvalue weighted by molar-refractivity contribution is -0.133. The fraction of sp³-hybridized carbons (Fsp3) is 0.429. The maximum atomic E-state index is 11.8. The van der Waals surface area contributed by atoms with Gasteiger partial charge in [0.2, 0.25) is 11.8 Å². The van der Waals surface area contributed by atoms with Crippen molar-refractivity contribution in [2.24, 2.45) is 0 Å². The summed E-state index contributed by atoms with van der Waals surface area (Å²) in [6, 6.07) is 7.01. The van der Waals surface area contributed by atoms with Gasteiger partial charge in [-0.25, -0.2) is 0 Å². The van der Waals surface area contributed by atoms with E-state index in [4.69, 9.17) is 5.73 Å². The number of nitrogens with one attached hydrogen (secondary N) is 1. The average Bonchev–Trinajstić information content (AvgIpc) is 2.40. The lowest BCUT2D eigenvalue weighted by Crippen LogP contribution is -2.37. The number of nitrogens with zero attached hydrogens (tertiary/aromatic N) is 1. The van der Waals surface area contributed by atoms with Crippen LogP contribution in [0.2, 0.25) is 0 Å². The van der Waals surface area contributed by atoms with Crippen LogP contribution in [0, 0.1) is 0 Å². The number of nitrogen functional groups attached to an aromatic ring is 1. The summed E-state index contributed by atoms with van der Waals surface area (Å²) in [6.07, 6.45) is 2.94. The van der Waals surface area contributed by atoms with Gasteiger partial charge in [-0.15, -0.1) is 0 Å². The highest BCUT2D eigenvalue weighted by Crippen LogP contribution is 2.12. The van der Waals surface area contributed by atoms with E-state index < -0.39 is 0 Å². The van der Waals surface area contributed by atoms with E-state index in [1.807, 2.05) is 0 Å². The Morgan fingerprint density at radius 1 is 1.26 bits per heavy atom. The topological polar surface area (TPSA) is 75.4 Å². The highest BCUT2D eigenvalue weighted by Gasteiger charge is 2.18. The molecule has 0 atom stereocenters. The molecule has 1 heterocycles. The summed E-state index contributed by atoms with van der Waals surface area (Å²) in [6.45, 7) is 1.27. The number of carbonyl (C=O) groups excluding carboxylic acids is 2. The van der Waals surface area contributed by atoms with Gasteiger partial charge in [0.1, 0.15) is 0 Å². The minimum Gasteiger partial charge on any atom is -0.399 e. The Morgan fingerprint density at radius 3 is 2.68 bits per heavy atom. The molecule has 19 heavy (non-hydrogen) atoms. The van der Waals surface area contributed by atoms with Gasteiger partial charge in [-0.2, -0.15) is 0 Å². The molecule has 0 bridgehead atoms. The molecule has 0 aliphatic carbocycles. The highest BCUT2D eigenvalue weighted by atomic mass is 16.2. The van der Waals surface area contributed by atoms with Gasteiger partial charge in [0.15, 0.2) is 0 Å². The van der Waals surface area contributed by atoms with Gasteiger partial charge < -0.3 is 16.0 Å². The standard InChI is InChI=1S/C14H19N3O2/c15-11-4-6-12(7-5-11)16-13(18)8-10-17-9-2-1-3-14(17)19/h4-7H,1-3,8-10,15H2,(H,16,18). The molecular weight excluding hydrogens is 242 g/mol. The summed E-state index contributed by atoms with van der Waals surface area (Å²) in [7, 11) is 0. The van der Waals surface area contributed by atoms with Gasteiger partial charge >= 0.3 is 0 Å². The van der Waals surface area contributed by atoms with Crippen molar-refractivity contribution in [2.75, 3.05) is 24.1 Å². The zero-order valence-corrected chi connectivity index (χ0v) is 10.9. The molecule has 5 nitrogen and oxygen atoms in total. The van der Waals surface area contributed by atoms with Gasteiger partial charge in [0.05, 0.1) is 0 Å². The first-order chi connectivity index (χ1) is 9.15. The lowest BCUT2D eigenvalue weighted by atomic mass is 10.1. The number of piperidine rings is 1. The van der Waals surface area contributed by atoms with Gasteiger partial charge in [-0.3, -0.25) is 9.59 Å². The largest absolute Gasteiger partial charge is 0.399 e. The van der Waals surface area contributed by atoms with Gasteiger partial charge in [0, 0.05) is 37.3 Å². The number of hydrogen-bond acceptors (Lipinski definition) is 3. The molecule has 0 spiro atoms. The first-order valence-corrected chi connectivity index (χ1v) is 6.58. The monoisotopic (exact) mass is 261 g/mol. The molecule has 5 heteroatoms. The van der Waals surface area contributed by atoms with E-state index in [0.29, 0.717) is 25.1 Å². The quantitative estimate of drug-likeness (QED) is 0.808. The maximum absolute atomic E-state index is 11.8. The van der Waals surface area contributed by atoms with E-state index in [-0.39, 0.29) is 11.8 Å². The van der Waals surface area contributed by atoms with Crippen LogP contribution in [0.3, 0.4) is 0 Å². The number of anilines is 2. The number of amides is 2. The maximum Gasteiger partial charge on any atom is 0.226 e. The molecule has 2 amide bonds. The van der Waals surface area contributed by atoms with Gasteiger partial charge in [0.25, 0.3) is 0 Å². The SMILES string of the molecule is Nc1ccc(NC(=O)CCN2CCCCC2=O)cc1. The summed E-state index contributed by atoms with van der Waals surface area (Å²) >= 11 is 0. The fourth-order valence-electron chi connectivity index (χ4n) is 2.12. The van der Waals surface area contributed by atoms with Crippen LogP contribution in [0.5, 0.6) is 0 Å². The van der Waals surface area contributed by atoms with Crippen molar-refractivity contribution in [2.45, 2.75) is 25.7 Å². The molecule has 0 saturated carbocycles. The lowest BCUT2D eigenvalue weighted by Gasteiger charge is -2.26. The average molecular weight is 261 g/mol.